The number of carbonyl (C=O) groups is 3. The van der Waals surface area contributed by atoms with Gasteiger partial charge in [-0.05, 0) is 29.4 Å². The van der Waals surface area contributed by atoms with Crippen LogP contribution in [0.25, 0.3) is 0 Å². The minimum atomic E-state index is -1.09. The van der Waals surface area contributed by atoms with Crippen LogP contribution in [0.2, 0.25) is 0 Å². The maximum atomic E-state index is 12.0. The number of nitrogens with zero attached hydrogens (tertiary/aromatic N) is 1. The summed E-state index contributed by atoms with van der Waals surface area (Å²) in [6.07, 6.45) is 1.96. The third kappa shape index (κ3) is 6.91. The van der Waals surface area contributed by atoms with Crippen LogP contribution in [0.15, 0.2) is 18.3 Å². The quantitative estimate of drug-likeness (QED) is 0.694. The van der Waals surface area contributed by atoms with Crippen molar-refractivity contribution in [1.29, 1.82) is 0 Å². The van der Waals surface area contributed by atoms with E-state index in [-0.39, 0.29) is 23.6 Å². The molecule has 0 spiro atoms. The number of hydrogen-bond donors (Lipinski definition) is 3. The number of nitrogens with one attached hydrogen (secondary N) is 2. The Hall–Kier alpha value is -2.44. The van der Waals surface area contributed by atoms with Crippen molar-refractivity contribution in [3.8, 4) is 0 Å². The molecule has 0 fully saturated rings. The second-order valence-electron chi connectivity index (χ2n) is 7.45. The van der Waals surface area contributed by atoms with Gasteiger partial charge in [0, 0.05) is 6.20 Å². The fourth-order valence-corrected chi connectivity index (χ4v) is 2.16. The highest BCUT2D eigenvalue weighted by Gasteiger charge is 2.21. The van der Waals surface area contributed by atoms with Gasteiger partial charge in [-0.15, -0.1) is 0 Å². The van der Waals surface area contributed by atoms with E-state index >= 15 is 0 Å². The molecule has 0 unspecified atom stereocenters. The Morgan fingerprint density at radius 3 is 2.28 bits per heavy atom. The largest absolute Gasteiger partial charge is 0.480 e. The van der Waals surface area contributed by atoms with Gasteiger partial charge in [0.15, 0.2) is 0 Å². The zero-order valence-corrected chi connectivity index (χ0v) is 15.4. The molecule has 0 radical (unpaired) electrons. The molecule has 7 nitrogen and oxygen atoms in total. The molecule has 0 saturated heterocycles. The summed E-state index contributed by atoms with van der Waals surface area (Å²) in [5.41, 5.74) is 1.14. The van der Waals surface area contributed by atoms with Gasteiger partial charge in [0.25, 0.3) is 5.91 Å². The number of carboxylic acids is 1. The van der Waals surface area contributed by atoms with Gasteiger partial charge in [0.05, 0.1) is 6.54 Å². The van der Waals surface area contributed by atoms with Gasteiger partial charge in [-0.1, -0.05) is 40.7 Å². The molecule has 1 atom stereocenters. The first kappa shape index (κ1) is 20.6. The summed E-state index contributed by atoms with van der Waals surface area (Å²) in [6, 6.07) is 2.46. The Balaban J connectivity index is 2.58. The smallest absolute Gasteiger partial charge is 0.326 e. The maximum Gasteiger partial charge on any atom is 0.326 e. The Morgan fingerprint density at radius 1 is 1.20 bits per heavy atom. The molecule has 1 heterocycles. The van der Waals surface area contributed by atoms with Gasteiger partial charge >= 0.3 is 5.97 Å². The van der Waals surface area contributed by atoms with E-state index in [0.29, 0.717) is 6.42 Å². The van der Waals surface area contributed by atoms with E-state index in [9.17, 15) is 14.4 Å². The second-order valence-corrected chi connectivity index (χ2v) is 7.45. The first-order valence-corrected chi connectivity index (χ1v) is 8.27. The van der Waals surface area contributed by atoms with Crippen molar-refractivity contribution in [3.05, 3.63) is 29.6 Å². The van der Waals surface area contributed by atoms with Crippen LogP contribution in [0, 0.1) is 5.92 Å². The molecular formula is C18H27N3O4. The summed E-state index contributed by atoms with van der Waals surface area (Å²) >= 11 is 0. The zero-order valence-electron chi connectivity index (χ0n) is 15.4. The zero-order chi connectivity index (χ0) is 19.2. The molecule has 7 heteroatoms. The number of aromatic nitrogens is 1. The second kappa shape index (κ2) is 8.60. The summed E-state index contributed by atoms with van der Waals surface area (Å²) in [5.74, 6) is -1.99. The highest BCUT2D eigenvalue weighted by Crippen LogP contribution is 2.20. The third-order valence-electron chi connectivity index (χ3n) is 3.61. The molecule has 0 aliphatic carbocycles. The van der Waals surface area contributed by atoms with Gasteiger partial charge in [0.2, 0.25) is 5.91 Å². The standard InChI is InChI=1S/C18H27N3O4/c1-11(2)8-14(17(24)25)21-15(22)10-20-16(23)13-7-6-12(9-19-13)18(3,4)5/h6-7,9,11,14H,8,10H2,1-5H3,(H,20,23)(H,21,22)(H,24,25)/t14-/m0/s1. The lowest BCUT2D eigenvalue weighted by Crippen LogP contribution is -2.46. The molecule has 1 aromatic rings. The van der Waals surface area contributed by atoms with E-state index in [4.69, 9.17) is 5.11 Å². The van der Waals surface area contributed by atoms with E-state index < -0.39 is 23.8 Å². The van der Waals surface area contributed by atoms with E-state index in [2.05, 4.69) is 15.6 Å². The Labute approximate surface area is 148 Å². The van der Waals surface area contributed by atoms with E-state index in [1.807, 2.05) is 40.7 Å². The highest BCUT2D eigenvalue weighted by atomic mass is 16.4. The SMILES string of the molecule is CC(C)C[C@H](NC(=O)CNC(=O)c1ccc(C(C)(C)C)cn1)C(=O)O. The number of amides is 2. The molecule has 0 aliphatic heterocycles. The van der Waals surface area contributed by atoms with Gasteiger partial charge in [0.1, 0.15) is 11.7 Å². The molecule has 2 amide bonds. The topological polar surface area (TPSA) is 108 Å². The van der Waals surface area contributed by atoms with E-state index in [1.165, 1.54) is 0 Å². The van der Waals surface area contributed by atoms with Crippen molar-refractivity contribution in [2.24, 2.45) is 5.92 Å². The lowest BCUT2D eigenvalue weighted by atomic mass is 9.88. The lowest BCUT2D eigenvalue weighted by molar-refractivity contribution is -0.142. The van der Waals surface area contributed by atoms with Crippen molar-refractivity contribution in [2.45, 2.75) is 52.5 Å². The van der Waals surface area contributed by atoms with Gasteiger partial charge < -0.3 is 15.7 Å². The van der Waals surface area contributed by atoms with Crippen LogP contribution in [0.5, 0.6) is 0 Å². The van der Waals surface area contributed by atoms with Crippen molar-refractivity contribution < 1.29 is 19.5 Å². The van der Waals surface area contributed by atoms with Crippen LogP contribution in [0.4, 0.5) is 0 Å². The van der Waals surface area contributed by atoms with Crippen LogP contribution >= 0.6 is 0 Å². The minimum absolute atomic E-state index is 0.0653. The molecule has 25 heavy (non-hydrogen) atoms. The van der Waals surface area contributed by atoms with Crippen LogP contribution in [0.1, 0.15) is 57.1 Å². The van der Waals surface area contributed by atoms with Crippen molar-refractivity contribution >= 4 is 17.8 Å². The molecule has 0 aromatic carbocycles. The third-order valence-corrected chi connectivity index (χ3v) is 3.61. The molecular weight excluding hydrogens is 322 g/mol. The van der Waals surface area contributed by atoms with E-state index in [0.717, 1.165) is 5.56 Å². The van der Waals surface area contributed by atoms with E-state index in [1.54, 1.807) is 12.3 Å². The molecule has 0 bridgehead atoms. The molecule has 138 valence electrons. The van der Waals surface area contributed by atoms with Gasteiger partial charge in [-0.3, -0.25) is 14.6 Å². The molecule has 1 aromatic heterocycles. The summed E-state index contributed by atoms with van der Waals surface area (Å²) in [6.45, 7) is 9.58. The average molecular weight is 349 g/mol. The number of carboxylic acid groups (broad SMARTS) is 1. The fourth-order valence-electron chi connectivity index (χ4n) is 2.16. The predicted octanol–water partition coefficient (Wildman–Crippen LogP) is 1.72. The van der Waals surface area contributed by atoms with Gasteiger partial charge in [-0.2, -0.15) is 0 Å². The highest BCUT2D eigenvalue weighted by molar-refractivity contribution is 5.95. The summed E-state index contributed by atoms with van der Waals surface area (Å²) < 4.78 is 0. The van der Waals surface area contributed by atoms with Crippen LogP contribution in [0.3, 0.4) is 0 Å². The van der Waals surface area contributed by atoms with Gasteiger partial charge in [-0.25, -0.2) is 4.79 Å². The minimum Gasteiger partial charge on any atom is -0.480 e. The van der Waals surface area contributed by atoms with Crippen LogP contribution in [-0.4, -0.2) is 40.5 Å². The Morgan fingerprint density at radius 2 is 1.84 bits per heavy atom. The lowest BCUT2D eigenvalue weighted by Gasteiger charge is -2.18. The number of hydrogen-bond acceptors (Lipinski definition) is 4. The summed E-state index contributed by atoms with van der Waals surface area (Å²) in [4.78, 5) is 39.1. The number of carbonyl (C=O) groups excluding carboxylic acids is 2. The molecule has 1 rings (SSSR count). The normalized spacial score (nSPS) is 12.6. The average Bonchev–Trinajstić information content (AvgIpc) is 2.50. The Kier molecular flexibility index (Phi) is 7.09. The van der Waals surface area contributed by atoms with Crippen molar-refractivity contribution in [2.75, 3.05) is 6.54 Å². The summed E-state index contributed by atoms with van der Waals surface area (Å²) in [5, 5.41) is 14.0. The van der Waals surface area contributed by atoms with Crippen LogP contribution < -0.4 is 10.6 Å². The molecule has 0 aliphatic rings. The fraction of sp³-hybridized carbons (Fsp3) is 0.556. The first-order chi connectivity index (χ1) is 11.5. The maximum absolute atomic E-state index is 12.0. The van der Waals surface area contributed by atoms with Crippen LogP contribution in [-0.2, 0) is 15.0 Å². The van der Waals surface area contributed by atoms with Crippen molar-refractivity contribution in [1.82, 2.24) is 15.6 Å². The van der Waals surface area contributed by atoms with Crippen molar-refractivity contribution in [3.63, 3.8) is 0 Å². The number of rotatable bonds is 7. The monoisotopic (exact) mass is 349 g/mol. The summed E-state index contributed by atoms with van der Waals surface area (Å²) in [7, 11) is 0. The molecule has 3 N–H and O–H groups in total. The number of aliphatic carboxylic acids is 1. The first-order valence-electron chi connectivity index (χ1n) is 8.27. The molecule has 0 saturated carbocycles. The number of pyridine rings is 1. The Bertz CT molecular complexity index is 618. The predicted molar refractivity (Wildman–Crippen MR) is 94.3 cm³/mol.